The summed E-state index contributed by atoms with van der Waals surface area (Å²) in [4.78, 5) is 2.37. The molecule has 4 nitrogen and oxygen atoms in total. The Kier molecular flexibility index (Phi) is 2.49. The molecule has 1 aromatic rings. The summed E-state index contributed by atoms with van der Waals surface area (Å²) in [5.41, 5.74) is 5.57. The van der Waals surface area contributed by atoms with Crippen LogP contribution in [0.15, 0.2) is 12.3 Å². The summed E-state index contributed by atoms with van der Waals surface area (Å²) in [5.74, 6) is 1.14. The van der Waals surface area contributed by atoms with E-state index in [2.05, 4.69) is 15.1 Å². The van der Waals surface area contributed by atoms with Crippen molar-refractivity contribution >= 4 is 5.82 Å². The number of aromatic nitrogens is 2. The minimum Gasteiger partial charge on any atom is -0.354 e. The third-order valence-corrected chi connectivity index (χ3v) is 2.67. The molecule has 1 saturated heterocycles. The van der Waals surface area contributed by atoms with Gasteiger partial charge in [-0.25, -0.2) is 0 Å². The maximum atomic E-state index is 5.57. The molecule has 1 unspecified atom stereocenters. The second-order valence-electron chi connectivity index (χ2n) is 3.51. The second-order valence-corrected chi connectivity index (χ2v) is 3.51. The van der Waals surface area contributed by atoms with E-state index in [-0.39, 0.29) is 0 Å². The maximum absolute atomic E-state index is 5.57. The summed E-state index contributed by atoms with van der Waals surface area (Å²) in [5, 5.41) is 6.97. The Balaban J connectivity index is 2.05. The van der Waals surface area contributed by atoms with E-state index in [1.165, 1.54) is 12.8 Å². The fourth-order valence-corrected chi connectivity index (χ4v) is 2.05. The van der Waals surface area contributed by atoms with E-state index in [0.29, 0.717) is 6.04 Å². The number of hydrogen-bond donors (Lipinski definition) is 2. The van der Waals surface area contributed by atoms with E-state index in [4.69, 9.17) is 5.73 Å². The number of nitrogens with two attached hydrogens (primary N) is 1. The molecule has 1 aliphatic heterocycles. The summed E-state index contributed by atoms with van der Waals surface area (Å²) in [6.07, 6.45) is 5.41. The van der Waals surface area contributed by atoms with Gasteiger partial charge in [-0.3, -0.25) is 5.10 Å². The predicted octanol–water partition coefficient (Wildman–Crippen LogP) is 0.727. The molecule has 0 spiro atoms. The fourth-order valence-electron chi connectivity index (χ4n) is 2.05. The monoisotopic (exact) mass is 180 g/mol. The Morgan fingerprint density at radius 3 is 3.31 bits per heavy atom. The van der Waals surface area contributed by atoms with E-state index in [0.717, 1.165) is 25.3 Å². The Labute approximate surface area is 78.1 Å². The molecular formula is C9H16N4. The lowest BCUT2D eigenvalue weighted by Crippen LogP contribution is -2.31. The topological polar surface area (TPSA) is 57.9 Å². The molecule has 0 radical (unpaired) electrons. The van der Waals surface area contributed by atoms with Gasteiger partial charge in [-0.15, -0.1) is 0 Å². The van der Waals surface area contributed by atoms with Crippen molar-refractivity contribution in [1.29, 1.82) is 0 Å². The van der Waals surface area contributed by atoms with Crippen molar-refractivity contribution in [2.75, 3.05) is 18.0 Å². The van der Waals surface area contributed by atoms with Gasteiger partial charge in [0.05, 0.1) is 6.20 Å². The van der Waals surface area contributed by atoms with Gasteiger partial charge < -0.3 is 10.6 Å². The molecule has 0 bridgehead atoms. The highest BCUT2D eigenvalue weighted by atomic mass is 15.3. The fraction of sp³-hybridized carbons (Fsp3) is 0.667. The van der Waals surface area contributed by atoms with Crippen LogP contribution >= 0.6 is 0 Å². The van der Waals surface area contributed by atoms with Crippen LogP contribution in [0.1, 0.15) is 19.3 Å². The van der Waals surface area contributed by atoms with Crippen LogP contribution in [0.5, 0.6) is 0 Å². The second kappa shape index (κ2) is 3.79. The van der Waals surface area contributed by atoms with Crippen LogP contribution in [0.2, 0.25) is 0 Å². The van der Waals surface area contributed by atoms with Gasteiger partial charge in [0.1, 0.15) is 5.82 Å². The predicted molar refractivity (Wildman–Crippen MR) is 52.6 cm³/mol. The number of anilines is 1. The summed E-state index contributed by atoms with van der Waals surface area (Å²) in [6.45, 7) is 1.90. The van der Waals surface area contributed by atoms with Crippen LogP contribution in [0.4, 0.5) is 5.82 Å². The first-order chi connectivity index (χ1) is 6.42. The van der Waals surface area contributed by atoms with Crippen molar-refractivity contribution in [2.45, 2.75) is 25.3 Å². The highest BCUT2D eigenvalue weighted by molar-refractivity contribution is 5.39. The lowest BCUT2D eigenvalue weighted by atomic mass is 10.1. The van der Waals surface area contributed by atoms with Crippen molar-refractivity contribution in [3.8, 4) is 0 Å². The molecule has 4 heteroatoms. The molecule has 13 heavy (non-hydrogen) atoms. The molecule has 0 saturated carbocycles. The molecule has 0 aliphatic carbocycles. The van der Waals surface area contributed by atoms with Crippen LogP contribution in [0.3, 0.4) is 0 Å². The summed E-state index contributed by atoms with van der Waals surface area (Å²) in [6, 6.07) is 2.64. The van der Waals surface area contributed by atoms with Crippen molar-refractivity contribution in [1.82, 2.24) is 10.2 Å². The van der Waals surface area contributed by atoms with E-state index >= 15 is 0 Å². The molecule has 0 aromatic carbocycles. The van der Waals surface area contributed by atoms with Crippen LogP contribution in [-0.4, -0.2) is 29.3 Å². The number of rotatable bonds is 3. The summed E-state index contributed by atoms with van der Waals surface area (Å²) < 4.78 is 0. The largest absolute Gasteiger partial charge is 0.354 e. The Morgan fingerprint density at radius 1 is 1.69 bits per heavy atom. The normalized spacial score (nSPS) is 22.5. The molecule has 0 amide bonds. The zero-order valence-electron chi connectivity index (χ0n) is 7.74. The van der Waals surface area contributed by atoms with Gasteiger partial charge in [0.15, 0.2) is 0 Å². The molecular weight excluding hydrogens is 164 g/mol. The Morgan fingerprint density at radius 2 is 2.62 bits per heavy atom. The molecule has 1 atom stereocenters. The minimum atomic E-state index is 0.616. The number of nitrogens with one attached hydrogen (secondary N) is 1. The highest BCUT2D eigenvalue weighted by Gasteiger charge is 2.24. The SMILES string of the molecule is NCCC1CCCN1c1ccn[nH]1. The van der Waals surface area contributed by atoms with Gasteiger partial charge >= 0.3 is 0 Å². The molecule has 1 aliphatic rings. The third-order valence-electron chi connectivity index (χ3n) is 2.67. The number of aromatic amines is 1. The first-order valence-corrected chi connectivity index (χ1v) is 4.88. The molecule has 2 rings (SSSR count). The van der Waals surface area contributed by atoms with E-state index in [1.807, 2.05) is 6.07 Å². The van der Waals surface area contributed by atoms with Gasteiger partial charge in [-0.2, -0.15) is 5.10 Å². The first kappa shape index (κ1) is 8.56. The molecule has 3 N–H and O–H groups in total. The van der Waals surface area contributed by atoms with Crippen LogP contribution in [-0.2, 0) is 0 Å². The van der Waals surface area contributed by atoms with Crippen LogP contribution < -0.4 is 10.6 Å². The smallest absolute Gasteiger partial charge is 0.124 e. The van der Waals surface area contributed by atoms with Crippen molar-refractivity contribution < 1.29 is 0 Å². The van der Waals surface area contributed by atoms with Gasteiger partial charge in [-0.1, -0.05) is 0 Å². The number of H-pyrrole nitrogens is 1. The molecule has 1 aromatic heterocycles. The van der Waals surface area contributed by atoms with E-state index in [1.54, 1.807) is 6.20 Å². The highest BCUT2D eigenvalue weighted by Crippen LogP contribution is 2.24. The maximum Gasteiger partial charge on any atom is 0.124 e. The molecule has 1 fully saturated rings. The Bertz CT molecular complexity index is 244. The first-order valence-electron chi connectivity index (χ1n) is 4.88. The lowest BCUT2D eigenvalue weighted by molar-refractivity contribution is 0.614. The molecule has 2 heterocycles. The van der Waals surface area contributed by atoms with Gasteiger partial charge in [0.2, 0.25) is 0 Å². The third kappa shape index (κ3) is 1.67. The van der Waals surface area contributed by atoms with Crippen LogP contribution in [0.25, 0.3) is 0 Å². The van der Waals surface area contributed by atoms with Crippen molar-refractivity contribution in [2.24, 2.45) is 5.73 Å². The number of hydrogen-bond acceptors (Lipinski definition) is 3. The average Bonchev–Trinajstić information content (AvgIpc) is 2.71. The van der Waals surface area contributed by atoms with E-state index < -0.39 is 0 Å². The van der Waals surface area contributed by atoms with Crippen molar-refractivity contribution in [3.05, 3.63) is 12.3 Å². The molecule has 72 valence electrons. The van der Waals surface area contributed by atoms with Gasteiger partial charge in [0, 0.05) is 18.7 Å². The zero-order chi connectivity index (χ0) is 9.10. The minimum absolute atomic E-state index is 0.616. The zero-order valence-corrected chi connectivity index (χ0v) is 7.74. The lowest BCUT2D eigenvalue weighted by Gasteiger charge is -2.24. The average molecular weight is 180 g/mol. The van der Waals surface area contributed by atoms with E-state index in [9.17, 15) is 0 Å². The summed E-state index contributed by atoms with van der Waals surface area (Å²) in [7, 11) is 0. The standard InChI is InChI=1S/C9H16N4/c10-5-3-8-2-1-7-13(8)9-4-6-11-12-9/h4,6,8H,1-3,5,7,10H2,(H,11,12). The van der Waals surface area contributed by atoms with Crippen molar-refractivity contribution in [3.63, 3.8) is 0 Å². The van der Waals surface area contributed by atoms with Gasteiger partial charge in [0.25, 0.3) is 0 Å². The Hall–Kier alpha value is -1.03. The number of nitrogens with zero attached hydrogens (tertiary/aromatic N) is 2. The quantitative estimate of drug-likeness (QED) is 0.721. The van der Waals surface area contributed by atoms with Crippen LogP contribution in [0, 0.1) is 0 Å². The van der Waals surface area contributed by atoms with Gasteiger partial charge in [-0.05, 0) is 25.8 Å². The summed E-state index contributed by atoms with van der Waals surface area (Å²) >= 11 is 0.